The topological polar surface area (TPSA) is 117 Å². The molecular weight excluding hydrogens is 668 g/mol. The van der Waals surface area contributed by atoms with Crippen molar-refractivity contribution in [1.29, 1.82) is 0 Å². The van der Waals surface area contributed by atoms with Gasteiger partial charge in [0.05, 0.1) is 43.0 Å². The molecule has 0 N–H and O–H groups in total. The number of rotatable bonds is 9. The lowest BCUT2D eigenvalue weighted by Crippen LogP contribution is -2.72. The summed E-state index contributed by atoms with van der Waals surface area (Å²) in [6, 6.07) is 12.0. The molecule has 51 heavy (non-hydrogen) atoms. The lowest BCUT2D eigenvalue weighted by Gasteiger charge is -2.60. The van der Waals surface area contributed by atoms with Gasteiger partial charge in [0.2, 0.25) is 23.6 Å². The van der Waals surface area contributed by atoms with Crippen LogP contribution < -0.4 is 9.47 Å². The van der Waals surface area contributed by atoms with Crippen molar-refractivity contribution in [3.05, 3.63) is 70.8 Å². The standard InChI is InChI=1S/C38H43ClN8O4/c1-24-27(8-6-9-28(24)31-16-40-34(37(42-31)51-5)19-45-20-38(21-45)22-47(23-38)26(3)49)29-10-7-11-30(35(29)39)32-17-41-33(36(43-32)50-4)18-44-12-14-46(15-13-44)25(2)48/h6-11,16-17H,12-15,18-23H2,1-5H3. The molecule has 0 radical (unpaired) electrons. The maximum atomic E-state index is 11.7. The number of nitrogens with zero attached hydrogens (tertiary/aromatic N) is 8. The number of piperazine rings is 1. The van der Waals surface area contributed by atoms with E-state index in [1.807, 2.05) is 46.3 Å². The Kier molecular flexibility index (Phi) is 9.66. The van der Waals surface area contributed by atoms with Crippen molar-refractivity contribution in [2.24, 2.45) is 5.41 Å². The number of likely N-dealkylation sites (tertiary alicyclic amines) is 2. The van der Waals surface area contributed by atoms with Crippen LogP contribution >= 0.6 is 11.6 Å². The van der Waals surface area contributed by atoms with Gasteiger partial charge in [-0.3, -0.25) is 29.4 Å². The molecule has 0 aliphatic carbocycles. The van der Waals surface area contributed by atoms with Crippen molar-refractivity contribution >= 4 is 23.4 Å². The van der Waals surface area contributed by atoms with E-state index in [1.165, 1.54) is 0 Å². The maximum absolute atomic E-state index is 11.7. The van der Waals surface area contributed by atoms with Crippen LogP contribution in [0.3, 0.4) is 0 Å². The lowest BCUT2D eigenvalue weighted by atomic mass is 9.73. The molecule has 5 heterocycles. The van der Waals surface area contributed by atoms with Crippen molar-refractivity contribution in [3.8, 4) is 45.4 Å². The van der Waals surface area contributed by atoms with Crippen LogP contribution in [0.1, 0.15) is 30.8 Å². The number of carbonyl (C=O) groups is 2. The monoisotopic (exact) mass is 710 g/mol. The first kappa shape index (κ1) is 34.8. The van der Waals surface area contributed by atoms with Gasteiger partial charge in [0.25, 0.3) is 0 Å². The molecular formula is C38H43ClN8O4. The summed E-state index contributed by atoms with van der Waals surface area (Å²) in [5.41, 5.74) is 7.61. The Balaban J connectivity index is 1.09. The van der Waals surface area contributed by atoms with E-state index in [4.69, 9.17) is 41.0 Å². The molecule has 2 amide bonds. The van der Waals surface area contributed by atoms with Gasteiger partial charge in [0.15, 0.2) is 0 Å². The van der Waals surface area contributed by atoms with Crippen LogP contribution in [0, 0.1) is 12.3 Å². The van der Waals surface area contributed by atoms with E-state index < -0.39 is 0 Å². The molecule has 3 saturated heterocycles. The average molecular weight is 711 g/mol. The number of benzene rings is 2. The Bertz CT molecular complexity index is 1970. The average Bonchev–Trinajstić information content (AvgIpc) is 3.09. The number of methoxy groups -OCH3 is 2. The van der Waals surface area contributed by atoms with E-state index in [9.17, 15) is 9.59 Å². The largest absolute Gasteiger partial charge is 0.480 e. The Labute approximate surface area is 303 Å². The molecule has 2 aromatic carbocycles. The fraction of sp³-hybridized carbons (Fsp3) is 0.421. The third kappa shape index (κ3) is 6.87. The zero-order chi connectivity index (χ0) is 35.9. The second-order valence-corrected chi connectivity index (χ2v) is 14.2. The molecule has 13 heteroatoms. The van der Waals surface area contributed by atoms with Crippen LogP contribution in [0.25, 0.3) is 33.6 Å². The van der Waals surface area contributed by atoms with Crippen LogP contribution in [-0.2, 0) is 22.7 Å². The molecule has 266 valence electrons. The first-order valence-electron chi connectivity index (χ1n) is 17.2. The Morgan fingerprint density at radius 3 is 1.78 bits per heavy atom. The van der Waals surface area contributed by atoms with Crippen molar-refractivity contribution in [1.82, 2.24) is 39.5 Å². The Hall–Kier alpha value is -4.65. The van der Waals surface area contributed by atoms with Gasteiger partial charge in [-0.1, -0.05) is 48.0 Å². The molecule has 2 aromatic heterocycles. The summed E-state index contributed by atoms with van der Waals surface area (Å²) in [6.07, 6.45) is 3.55. The lowest BCUT2D eigenvalue weighted by molar-refractivity contribution is -0.157. The SMILES string of the molecule is COc1nc(-c2cccc(-c3cccc(-c4cnc(CN5CCN(C(C)=O)CC5)c(OC)n4)c3Cl)c2C)cnc1CN1CC2(C1)CN(C(C)=O)C2. The third-order valence-corrected chi connectivity index (χ3v) is 10.8. The molecule has 4 aromatic rings. The van der Waals surface area contributed by atoms with Gasteiger partial charge in [-0.2, -0.15) is 0 Å². The molecule has 3 fully saturated rings. The van der Waals surface area contributed by atoms with E-state index in [1.54, 1.807) is 34.3 Å². The minimum Gasteiger partial charge on any atom is -0.480 e. The summed E-state index contributed by atoms with van der Waals surface area (Å²) < 4.78 is 11.4. The van der Waals surface area contributed by atoms with E-state index >= 15 is 0 Å². The number of ether oxygens (including phenoxy) is 2. The van der Waals surface area contributed by atoms with Gasteiger partial charge in [-0.15, -0.1) is 0 Å². The minimum absolute atomic E-state index is 0.102. The molecule has 1 spiro atoms. The Morgan fingerprint density at radius 2 is 1.22 bits per heavy atom. The third-order valence-electron chi connectivity index (χ3n) is 10.4. The maximum Gasteiger partial charge on any atom is 0.237 e. The number of carbonyl (C=O) groups excluding carboxylic acids is 2. The van der Waals surface area contributed by atoms with Gasteiger partial charge in [0.1, 0.15) is 11.4 Å². The van der Waals surface area contributed by atoms with Gasteiger partial charge in [-0.05, 0) is 18.1 Å². The van der Waals surface area contributed by atoms with Crippen LogP contribution in [0.5, 0.6) is 11.8 Å². The van der Waals surface area contributed by atoms with Crippen LogP contribution in [0.4, 0.5) is 0 Å². The van der Waals surface area contributed by atoms with Crippen molar-refractivity contribution in [2.75, 3.05) is 66.6 Å². The van der Waals surface area contributed by atoms with Gasteiger partial charge >= 0.3 is 0 Å². The van der Waals surface area contributed by atoms with Gasteiger partial charge < -0.3 is 19.3 Å². The molecule has 3 aliphatic heterocycles. The van der Waals surface area contributed by atoms with E-state index in [2.05, 4.69) is 22.8 Å². The molecule has 0 bridgehead atoms. The van der Waals surface area contributed by atoms with E-state index in [-0.39, 0.29) is 17.2 Å². The summed E-state index contributed by atoms with van der Waals surface area (Å²) in [4.78, 5) is 51.0. The predicted octanol–water partition coefficient (Wildman–Crippen LogP) is 4.57. The summed E-state index contributed by atoms with van der Waals surface area (Å²) in [6.45, 7) is 13.0. The first-order chi connectivity index (χ1) is 24.6. The fourth-order valence-corrected chi connectivity index (χ4v) is 7.91. The summed E-state index contributed by atoms with van der Waals surface area (Å²) >= 11 is 7.15. The molecule has 7 rings (SSSR count). The molecule has 0 atom stereocenters. The highest BCUT2D eigenvalue weighted by molar-refractivity contribution is 6.36. The van der Waals surface area contributed by atoms with Crippen LogP contribution in [-0.4, -0.2) is 118 Å². The first-order valence-corrected chi connectivity index (χ1v) is 17.6. The minimum atomic E-state index is 0.102. The number of halogens is 1. The number of hydrogen-bond donors (Lipinski definition) is 0. The number of amides is 2. The summed E-state index contributed by atoms with van der Waals surface area (Å²) in [5, 5.41) is 0.562. The van der Waals surface area contributed by atoms with Crippen molar-refractivity contribution < 1.29 is 19.1 Å². The number of aromatic nitrogens is 4. The highest BCUT2D eigenvalue weighted by atomic mass is 35.5. The van der Waals surface area contributed by atoms with Crippen molar-refractivity contribution in [3.63, 3.8) is 0 Å². The highest BCUT2D eigenvalue weighted by Gasteiger charge is 2.52. The van der Waals surface area contributed by atoms with E-state index in [0.717, 1.165) is 78.5 Å². The highest BCUT2D eigenvalue weighted by Crippen LogP contribution is 2.42. The quantitative estimate of drug-likeness (QED) is 0.245. The van der Waals surface area contributed by atoms with E-state index in [0.29, 0.717) is 54.3 Å². The normalized spacial score (nSPS) is 17.2. The fourth-order valence-electron chi connectivity index (χ4n) is 7.59. The second kappa shape index (κ2) is 14.2. The smallest absolute Gasteiger partial charge is 0.237 e. The molecule has 0 saturated carbocycles. The second-order valence-electron chi connectivity index (χ2n) is 13.9. The zero-order valence-electron chi connectivity index (χ0n) is 29.8. The number of hydrogen-bond acceptors (Lipinski definition) is 10. The van der Waals surface area contributed by atoms with Gasteiger partial charge in [-0.25, -0.2) is 9.97 Å². The van der Waals surface area contributed by atoms with Crippen molar-refractivity contribution in [2.45, 2.75) is 33.9 Å². The molecule has 12 nitrogen and oxygen atoms in total. The summed E-state index contributed by atoms with van der Waals surface area (Å²) in [5.74, 6) is 1.21. The Morgan fingerprint density at radius 1 is 0.706 bits per heavy atom. The van der Waals surface area contributed by atoms with Gasteiger partial charge in [0, 0.05) is 101 Å². The van der Waals surface area contributed by atoms with Crippen LogP contribution in [0.15, 0.2) is 48.8 Å². The summed E-state index contributed by atoms with van der Waals surface area (Å²) in [7, 11) is 3.23. The zero-order valence-corrected chi connectivity index (χ0v) is 30.5. The predicted molar refractivity (Wildman–Crippen MR) is 194 cm³/mol. The van der Waals surface area contributed by atoms with Crippen LogP contribution in [0.2, 0.25) is 5.02 Å². The molecule has 0 unspecified atom stereocenters. The molecule has 3 aliphatic rings.